The lowest BCUT2D eigenvalue weighted by molar-refractivity contribution is -0.132. The minimum atomic E-state index is -0.00377. The lowest BCUT2D eigenvalue weighted by Gasteiger charge is -2.26. The fraction of sp³-hybridized carbons (Fsp3) is 0.364. The molecule has 2 aromatic carbocycles. The molecule has 0 spiro atoms. The zero-order chi connectivity index (χ0) is 19.5. The largest absolute Gasteiger partial charge is 0.486 e. The highest BCUT2D eigenvalue weighted by atomic mass is 79.9. The molecule has 5 nitrogen and oxygen atoms in total. The van der Waals surface area contributed by atoms with E-state index in [9.17, 15) is 9.59 Å². The molecule has 28 heavy (non-hydrogen) atoms. The van der Waals surface area contributed by atoms with Crippen LogP contribution in [0.15, 0.2) is 46.9 Å². The van der Waals surface area contributed by atoms with Crippen molar-refractivity contribution < 1.29 is 19.1 Å². The second-order valence-corrected chi connectivity index (χ2v) is 7.99. The summed E-state index contributed by atoms with van der Waals surface area (Å²) < 4.78 is 12.2. The highest BCUT2D eigenvalue weighted by molar-refractivity contribution is 9.10. The summed E-state index contributed by atoms with van der Waals surface area (Å²) in [6.45, 7) is 1.83. The van der Waals surface area contributed by atoms with Crippen molar-refractivity contribution in [3.8, 4) is 11.5 Å². The van der Waals surface area contributed by atoms with Gasteiger partial charge in [0.25, 0.3) is 0 Å². The van der Waals surface area contributed by atoms with Crippen molar-refractivity contribution in [1.29, 1.82) is 0 Å². The number of hydrogen-bond donors (Lipinski definition) is 0. The first-order chi connectivity index (χ1) is 13.6. The molecule has 0 aromatic heterocycles. The van der Waals surface area contributed by atoms with Crippen LogP contribution < -0.4 is 9.47 Å². The van der Waals surface area contributed by atoms with E-state index in [1.807, 2.05) is 35.2 Å². The van der Waals surface area contributed by atoms with Gasteiger partial charge in [-0.05, 0) is 42.7 Å². The Morgan fingerprint density at radius 2 is 1.75 bits per heavy atom. The van der Waals surface area contributed by atoms with E-state index >= 15 is 0 Å². The Morgan fingerprint density at radius 1 is 1.00 bits per heavy atom. The van der Waals surface area contributed by atoms with Gasteiger partial charge in [0, 0.05) is 29.4 Å². The predicted molar refractivity (Wildman–Crippen MR) is 109 cm³/mol. The monoisotopic (exact) mass is 443 g/mol. The molecule has 0 aliphatic carbocycles. The van der Waals surface area contributed by atoms with Gasteiger partial charge in [0.15, 0.2) is 17.3 Å². The minimum Gasteiger partial charge on any atom is -0.486 e. The molecular weight excluding hydrogens is 422 g/mol. The molecule has 0 radical (unpaired) electrons. The molecule has 6 heteroatoms. The van der Waals surface area contributed by atoms with Crippen molar-refractivity contribution in [2.75, 3.05) is 19.8 Å². The van der Waals surface area contributed by atoms with Crippen molar-refractivity contribution in [1.82, 2.24) is 4.90 Å². The van der Waals surface area contributed by atoms with Gasteiger partial charge in [-0.2, -0.15) is 0 Å². The van der Waals surface area contributed by atoms with E-state index in [0.717, 1.165) is 40.9 Å². The number of halogens is 1. The van der Waals surface area contributed by atoms with Crippen molar-refractivity contribution in [2.24, 2.45) is 0 Å². The fourth-order valence-corrected chi connectivity index (χ4v) is 4.09. The third-order valence-corrected chi connectivity index (χ3v) is 5.78. The summed E-state index contributed by atoms with van der Waals surface area (Å²) in [6.07, 6.45) is 2.35. The van der Waals surface area contributed by atoms with Crippen LogP contribution in [0.5, 0.6) is 11.5 Å². The van der Waals surface area contributed by atoms with Crippen LogP contribution in [0, 0.1) is 0 Å². The van der Waals surface area contributed by atoms with Crippen LogP contribution in [0.1, 0.15) is 47.6 Å². The third kappa shape index (κ3) is 4.07. The first-order valence-electron chi connectivity index (χ1n) is 9.59. The van der Waals surface area contributed by atoms with Gasteiger partial charge in [0.05, 0.1) is 6.04 Å². The fourth-order valence-electron chi connectivity index (χ4n) is 3.82. The Kier molecular flexibility index (Phi) is 5.67. The number of Topliss-reactive ketones (excluding diaryl/α,β-unsaturated/α-hetero) is 1. The van der Waals surface area contributed by atoms with Crippen LogP contribution in [0.25, 0.3) is 0 Å². The molecule has 1 fully saturated rings. The SMILES string of the molecule is O=C(CCC(=O)N1CCCC1c1ccc2c(c1)OCCO2)c1ccc(Br)cc1. The molecule has 146 valence electrons. The predicted octanol–water partition coefficient (Wildman–Crippen LogP) is 4.55. The number of likely N-dealkylation sites (tertiary alicyclic amines) is 1. The summed E-state index contributed by atoms with van der Waals surface area (Å²) in [5.74, 6) is 1.53. The van der Waals surface area contributed by atoms with Crippen molar-refractivity contribution in [2.45, 2.75) is 31.7 Å². The molecule has 2 aliphatic heterocycles. The molecule has 0 saturated carbocycles. The van der Waals surface area contributed by atoms with E-state index in [0.29, 0.717) is 18.8 Å². The van der Waals surface area contributed by atoms with E-state index < -0.39 is 0 Å². The average Bonchev–Trinajstić information content (AvgIpc) is 3.22. The average molecular weight is 444 g/mol. The smallest absolute Gasteiger partial charge is 0.223 e. The molecule has 2 heterocycles. The third-order valence-electron chi connectivity index (χ3n) is 5.26. The highest BCUT2D eigenvalue weighted by Gasteiger charge is 2.30. The molecule has 1 amide bonds. The number of rotatable bonds is 5. The summed E-state index contributed by atoms with van der Waals surface area (Å²) in [6, 6.07) is 13.2. The van der Waals surface area contributed by atoms with Crippen LogP contribution in [0.4, 0.5) is 0 Å². The molecule has 2 aliphatic rings. The highest BCUT2D eigenvalue weighted by Crippen LogP contribution is 2.38. The van der Waals surface area contributed by atoms with Gasteiger partial charge in [-0.15, -0.1) is 0 Å². The maximum absolute atomic E-state index is 12.8. The number of fused-ring (bicyclic) bond motifs is 1. The van der Waals surface area contributed by atoms with Crippen LogP contribution >= 0.6 is 15.9 Å². The van der Waals surface area contributed by atoms with Gasteiger partial charge in [0.2, 0.25) is 5.91 Å². The Bertz CT molecular complexity index is 881. The van der Waals surface area contributed by atoms with Gasteiger partial charge in [0.1, 0.15) is 13.2 Å². The van der Waals surface area contributed by atoms with Crippen molar-refractivity contribution >= 4 is 27.6 Å². The standard InChI is InChI=1S/C22H22BrNO4/c23-17-6-3-15(4-7-17)19(25)8-10-22(26)24-11-1-2-18(24)16-5-9-20-21(14-16)28-13-12-27-20/h3-7,9,14,18H,1-2,8,10-13H2. The Labute approximate surface area is 172 Å². The van der Waals surface area contributed by atoms with Gasteiger partial charge in [-0.25, -0.2) is 0 Å². The maximum atomic E-state index is 12.8. The quantitative estimate of drug-likeness (QED) is 0.636. The normalized spacial score (nSPS) is 18.2. The number of ketones is 1. The van der Waals surface area contributed by atoms with Crippen LogP contribution in [-0.4, -0.2) is 36.3 Å². The van der Waals surface area contributed by atoms with E-state index in [1.165, 1.54) is 0 Å². The van der Waals surface area contributed by atoms with E-state index in [4.69, 9.17) is 9.47 Å². The first-order valence-corrected chi connectivity index (χ1v) is 10.4. The second-order valence-electron chi connectivity index (χ2n) is 7.08. The maximum Gasteiger partial charge on any atom is 0.223 e. The van der Waals surface area contributed by atoms with Crippen LogP contribution in [0.3, 0.4) is 0 Å². The molecular formula is C22H22BrNO4. The lowest BCUT2D eigenvalue weighted by Crippen LogP contribution is -2.30. The zero-order valence-electron chi connectivity index (χ0n) is 15.5. The molecule has 1 unspecified atom stereocenters. The Hall–Kier alpha value is -2.34. The summed E-state index contributed by atoms with van der Waals surface area (Å²) >= 11 is 3.36. The van der Waals surface area contributed by atoms with Gasteiger partial charge in [-0.3, -0.25) is 9.59 Å². The summed E-state index contributed by atoms with van der Waals surface area (Å²) in [7, 11) is 0. The Balaban J connectivity index is 1.41. The number of nitrogens with zero attached hydrogens (tertiary/aromatic N) is 1. The summed E-state index contributed by atoms with van der Waals surface area (Å²) in [5, 5.41) is 0. The van der Waals surface area contributed by atoms with Crippen molar-refractivity contribution in [3.05, 3.63) is 58.1 Å². The van der Waals surface area contributed by atoms with Gasteiger partial charge < -0.3 is 14.4 Å². The summed E-state index contributed by atoms with van der Waals surface area (Å²) in [5.41, 5.74) is 1.70. The number of carbonyl (C=O) groups is 2. The molecule has 4 rings (SSSR count). The first kappa shape index (κ1) is 19.0. The minimum absolute atomic E-state index is 0.00377. The van der Waals surface area contributed by atoms with Crippen molar-refractivity contribution in [3.63, 3.8) is 0 Å². The Morgan fingerprint density at radius 3 is 2.54 bits per heavy atom. The lowest BCUT2D eigenvalue weighted by atomic mass is 10.0. The van der Waals surface area contributed by atoms with E-state index in [2.05, 4.69) is 15.9 Å². The molecule has 0 bridgehead atoms. The van der Waals surface area contributed by atoms with Crippen LogP contribution in [-0.2, 0) is 4.79 Å². The zero-order valence-corrected chi connectivity index (χ0v) is 17.1. The number of carbonyl (C=O) groups excluding carboxylic acids is 2. The molecule has 0 N–H and O–H groups in total. The topological polar surface area (TPSA) is 55.8 Å². The molecule has 1 atom stereocenters. The van der Waals surface area contributed by atoms with E-state index in [1.54, 1.807) is 12.1 Å². The number of benzene rings is 2. The van der Waals surface area contributed by atoms with Gasteiger partial charge in [-0.1, -0.05) is 34.1 Å². The summed E-state index contributed by atoms with van der Waals surface area (Å²) in [4.78, 5) is 27.1. The number of ether oxygens (including phenoxy) is 2. The molecule has 1 saturated heterocycles. The van der Waals surface area contributed by atoms with E-state index in [-0.39, 0.29) is 30.6 Å². The number of amides is 1. The second kappa shape index (κ2) is 8.35. The number of hydrogen-bond acceptors (Lipinski definition) is 4. The molecule has 2 aromatic rings. The van der Waals surface area contributed by atoms with Gasteiger partial charge >= 0.3 is 0 Å². The van der Waals surface area contributed by atoms with Crippen LogP contribution in [0.2, 0.25) is 0 Å².